The molecule has 0 saturated heterocycles. The molecule has 2 atom stereocenters. The summed E-state index contributed by atoms with van der Waals surface area (Å²) in [5.41, 5.74) is 4.86. The number of nitrogens with zero attached hydrogens (tertiary/aromatic N) is 2. The molecule has 2 aromatic heterocycles. The molecular formula is C38H44N2S7. The molecule has 4 heterocycles. The standard InChI is InChI=1S/C38H44N2S7/c1-37(27-13-5-3-6-14-27,39-33(41)25-31-29(35(39)43)17-23-46-31)19-9-11-21-45-22-12-10-20-38(2,28-15-7-4-8-16-28)40-34(42)26-32-30(36(40)44)18-24-47-32/h3-8,13-16,25-26,43-44H,9-12,17-24H2,1-2H3. The Bertz CT molecular complexity index is 1690. The Labute approximate surface area is 315 Å². The van der Waals surface area contributed by atoms with Gasteiger partial charge >= 0.3 is 0 Å². The van der Waals surface area contributed by atoms with E-state index in [1.54, 1.807) is 0 Å². The molecule has 0 amide bonds. The number of thiol groups is 2. The molecule has 0 N–H and O–H groups in total. The Kier molecular flexibility index (Phi) is 12.1. The van der Waals surface area contributed by atoms with Crippen LogP contribution in [0.3, 0.4) is 0 Å². The van der Waals surface area contributed by atoms with Gasteiger partial charge in [0.15, 0.2) is 0 Å². The van der Waals surface area contributed by atoms with Crippen LogP contribution in [0.5, 0.6) is 0 Å². The minimum absolute atomic E-state index is 0.229. The second-order valence-corrected chi connectivity index (χ2v) is 18.2. The number of aromatic nitrogens is 2. The molecule has 4 aromatic rings. The van der Waals surface area contributed by atoms with E-state index in [1.165, 1.54) is 56.4 Å². The Morgan fingerprint density at radius 3 is 1.47 bits per heavy atom. The highest BCUT2D eigenvalue weighted by atomic mass is 32.2. The molecule has 0 spiro atoms. The van der Waals surface area contributed by atoms with Crippen LogP contribution < -0.4 is 0 Å². The summed E-state index contributed by atoms with van der Waals surface area (Å²) in [6.07, 6.45) is 8.87. The third-order valence-electron chi connectivity index (χ3n) is 9.91. The van der Waals surface area contributed by atoms with Gasteiger partial charge in [-0.15, -0.1) is 48.8 Å². The highest BCUT2D eigenvalue weighted by molar-refractivity contribution is 8.00. The van der Waals surface area contributed by atoms with Crippen molar-refractivity contribution >= 4 is 85.0 Å². The minimum atomic E-state index is -0.229. The lowest BCUT2D eigenvalue weighted by molar-refractivity contribution is 0.322. The average Bonchev–Trinajstić information content (AvgIpc) is 3.75. The van der Waals surface area contributed by atoms with Crippen LogP contribution in [0.1, 0.15) is 74.6 Å². The van der Waals surface area contributed by atoms with E-state index < -0.39 is 0 Å². The highest BCUT2D eigenvalue weighted by Gasteiger charge is 2.33. The highest BCUT2D eigenvalue weighted by Crippen LogP contribution is 2.43. The summed E-state index contributed by atoms with van der Waals surface area (Å²) in [7, 11) is 0. The van der Waals surface area contributed by atoms with E-state index in [-0.39, 0.29) is 11.1 Å². The first-order chi connectivity index (χ1) is 22.7. The van der Waals surface area contributed by atoms with Gasteiger partial charge in [-0.3, -0.25) is 0 Å². The number of pyridine rings is 2. The molecular weight excluding hydrogens is 709 g/mol. The van der Waals surface area contributed by atoms with Gasteiger partial charge in [0.05, 0.1) is 21.1 Å². The van der Waals surface area contributed by atoms with Crippen LogP contribution in [-0.4, -0.2) is 32.1 Å². The number of fused-ring (bicyclic) bond motifs is 2. The SMILES string of the molecule is CC(CCCCSCCCCC(C)(c1ccccc1)n1c(S)c2c(cc1=S)SCC2)(c1ccccc1)n1c(S)c2c(cc1=S)SCC2. The molecule has 2 aliphatic heterocycles. The number of hydrogen-bond acceptors (Lipinski definition) is 7. The minimum Gasteiger partial charge on any atom is -0.317 e. The monoisotopic (exact) mass is 752 g/mol. The summed E-state index contributed by atoms with van der Waals surface area (Å²) in [6.45, 7) is 4.71. The molecule has 2 nitrogen and oxygen atoms in total. The van der Waals surface area contributed by atoms with E-state index in [4.69, 9.17) is 49.7 Å². The maximum absolute atomic E-state index is 6.00. The molecule has 0 bridgehead atoms. The summed E-state index contributed by atoms with van der Waals surface area (Å²) >= 11 is 28.1. The molecule has 248 valence electrons. The van der Waals surface area contributed by atoms with Crippen molar-refractivity contribution in [1.29, 1.82) is 0 Å². The summed E-state index contributed by atoms with van der Waals surface area (Å²) in [5, 5.41) is 2.09. The lowest BCUT2D eigenvalue weighted by Crippen LogP contribution is -2.33. The first-order valence-corrected chi connectivity index (χ1v) is 21.5. The van der Waals surface area contributed by atoms with E-state index in [9.17, 15) is 0 Å². The van der Waals surface area contributed by atoms with Crippen molar-refractivity contribution in [2.24, 2.45) is 0 Å². The lowest BCUT2D eigenvalue weighted by Gasteiger charge is -2.36. The molecule has 2 unspecified atom stereocenters. The second kappa shape index (κ2) is 15.9. The summed E-state index contributed by atoms with van der Waals surface area (Å²) in [6, 6.07) is 26.2. The van der Waals surface area contributed by atoms with Gasteiger partial charge in [0.1, 0.15) is 9.28 Å². The maximum atomic E-state index is 6.00. The van der Waals surface area contributed by atoms with Crippen LogP contribution in [0, 0.1) is 9.28 Å². The normalized spacial score (nSPS) is 16.4. The zero-order chi connectivity index (χ0) is 33.0. The summed E-state index contributed by atoms with van der Waals surface area (Å²) in [4.78, 5) is 2.63. The molecule has 0 aliphatic carbocycles. The fourth-order valence-electron chi connectivity index (χ4n) is 7.25. The average molecular weight is 753 g/mol. The van der Waals surface area contributed by atoms with Crippen LogP contribution in [0.4, 0.5) is 0 Å². The number of thioether (sulfide) groups is 3. The molecule has 2 aliphatic rings. The number of unbranched alkanes of at least 4 members (excludes halogenated alkanes) is 2. The lowest BCUT2D eigenvalue weighted by atomic mass is 9.86. The van der Waals surface area contributed by atoms with Crippen LogP contribution in [0.25, 0.3) is 0 Å². The van der Waals surface area contributed by atoms with Gasteiger partial charge in [0.2, 0.25) is 0 Å². The van der Waals surface area contributed by atoms with Crippen LogP contribution in [-0.2, 0) is 23.9 Å². The molecule has 0 fully saturated rings. The van der Waals surface area contributed by atoms with Gasteiger partial charge in [-0.2, -0.15) is 11.8 Å². The summed E-state index contributed by atoms with van der Waals surface area (Å²) in [5.74, 6) is 4.58. The van der Waals surface area contributed by atoms with E-state index in [2.05, 4.69) is 108 Å². The van der Waals surface area contributed by atoms with Crippen molar-refractivity contribution in [3.8, 4) is 0 Å². The fraction of sp³-hybridized carbons (Fsp3) is 0.421. The van der Waals surface area contributed by atoms with Crippen molar-refractivity contribution < 1.29 is 0 Å². The zero-order valence-corrected chi connectivity index (χ0v) is 33.1. The molecule has 2 aromatic carbocycles. The van der Waals surface area contributed by atoms with Crippen molar-refractivity contribution in [3.63, 3.8) is 0 Å². The predicted octanol–water partition coefficient (Wildman–Crippen LogP) is 11.9. The largest absolute Gasteiger partial charge is 0.317 e. The number of rotatable bonds is 14. The quantitative estimate of drug-likeness (QED) is 0.0752. The Hall–Kier alpha value is -1.07. The maximum Gasteiger partial charge on any atom is 0.108 e. The van der Waals surface area contributed by atoms with Crippen molar-refractivity contribution in [2.45, 2.75) is 96.1 Å². The Morgan fingerprint density at radius 1 is 0.660 bits per heavy atom. The Morgan fingerprint density at radius 2 is 1.06 bits per heavy atom. The van der Waals surface area contributed by atoms with Crippen LogP contribution in [0.2, 0.25) is 0 Å². The van der Waals surface area contributed by atoms with Crippen LogP contribution >= 0.6 is 85.0 Å². The predicted molar refractivity (Wildman–Crippen MR) is 217 cm³/mol. The number of hydrogen-bond donors (Lipinski definition) is 2. The van der Waals surface area contributed by atoms with Crippen molar-refractivity contribution in [2.75, 3.05) is 23.0 Å². The van der Waals surface area contributed by atoms with Gasteiger partial charge in [-0.25, -0.2) is 0 Å². The zero-order valence-electron chi connectivity index (χ0n) is 27.2. The molecule has 0 radical (unpaired) electrons. The van der Waals surface area contributed by atoms with E-state index >= 15 is 0 Å². The van der Waals surface area contributed by atoms with E-state index in [0.717, 1.165) is 69.4 Å². The second-order valence-electron chi connectivity index (χ2n) is 13.0. The van der Waals surface area contributed by atoms with Crippen LogP contribution in [0.15, 0.2) is 92.6 Å². The first-order valence-electron chi connectivity index (χ1n) is 16.7. The molecule has 47 heavy (non-hydrogen) atoms. The van der Waals surface area contributed by atoms with Gasteiger partial charge < -0.3 is 9.13 Å². The Balaban J connectivity index is 1.06. The van der Waals surface area contributed by atoms with Gasteiger partial charge in [0.25, 0.3) is 0 Å². The van der Waals surface area contributed by atoms with Gasteiger partial charge in [-0.1, -0.05) is 85.1 Å². The third kappa shape index (κ3) is 7.52. The third-order valence-corrected chi connectivity index (χ3v) is 14.8. The first kappa shape index (κ1) is 35.7. The number of benzene rings is 2. The topological polar surface area (TPSA) is 9.86 Å². The van der Waals surface area contributed by atoms with Gasteiger partial charge in [0, 0.05) is 21.3 Å². The molecule has 0 saturated carbocycles. The molecule has 9 heteroatoms. The fourth-order valence-corrected chi connectivity index (χ4v) is 12.8. The summed E-state index contributed by atoms with van der Waals surface area (Å²) < 4.78 is 6.45. The van der Waals surface area contributed by atoms with E-state index in [1.807, 2.05) is 23.5 Å². The van der Waals surface area contributed by atoms with Gasteiger partial charge in [-0.05, 0) is 111 Å². The van der Waals surface area contributed by atoms with Crippen molar-refractivity contribution in [1.82, 2.24) is 9.13 Å². The smallest absolute Gasteiger partial charge is 0.108 e. The van der Waals surface area contributed by atoms with Crippen molar-refractivity contribution in [3.05, 3.63) is 104 Å². The van der Waals surface area contributed by atoms with E-state index in [0.29, 0.717) is 0 Å². The molecule has 6 rings (SSSR count).